The third kappa shape index (κ3) is 4.26. The van der Waals surface area contributed by atoms with Crippen LogP contribution >= 0.6 is 46.7 Å². The molecule has 1 fully saturated rings. The van der Waals surface area contributed by atoms with Crippen molar-refractivity contribution < 1.29 is 9.18 Å². The highest BCUT2D eigenvalue weighted by Gasteiger charge is 2.40. The van der Waals surface area contributed by atoms with Crippen LogP contribution < -0.4 is 9.80 Å². The maximum atomic E-state index is 13.7. The highest BCUT2D eigenvalue weighted by molar-refractivity contribution is 8.20. The Morgan fingerprint density at radius 3 is 2.45 bits per heavy atom. The van der Waals surface area contributed by atoms with E-state index in [0.717, 1.165) is 15.6 Å². The van der Waals surface area contributed by atoms with Gasteiger partial charge in [-0.25, -0.2) is 9.38 Å². The summed E-state index contributed by atoms with van der Waals surface area (Å²) >= 11 is 15.2. The lowest BCUT2D eigenvalue weighted by molar-refractivity contribution is -0.113. The van der Waals surface area contributed by atoms with E-state index in [-0.39, 0.29) is 11.7 Å². The second-order valence-corrected chi connectivity index (χ2v) is 10.1. The molecule has 0 unspecified atom stereocenters. The van der Waals surface area contributed by atoms with Crippen molar-refractivity contribution in [1.29, 1.82) is 0 Å². The van der Waals surface area contributed by atoms with Crippen molar-refractivity contribution in [2.24, 2.45) is 4.99 Å². The Kier molecular flexibility index (Phi) is 6.14. The molecule has 4 nitrogen and oxygen atoms in total. The van der Waals surface area contributed by atoms with Gasteiger partial charge in [-0.05, 0) is 79.3 Å². The molecule has 33 heavy (non-hydrogen) atoms. The highest BCUT2D eigenvalue weighted by Crippen LogP contribution is 2.51. The van der Waals surface area contributed by atoms with Gasteiger partial charge in [0.15, 0.2) is 5.17 Å². The number of carbonyl (C=O) groups is 1. The number of amides is 1. The summed E-state index contributed by atoms with van der Waals surface area (Å²) < 4.78 is 13.6. The Labute approximate surface area is 209 Å². The molecule has 2 aliphatic rings. The fourth-order valence-electron chi connectivity index (χ4n) is 3.59. The average Bonchev–Trinajstić information content (AvgIpc) is 3.31. The predicted octanol–water partition coefficient (Wildman–Crippen LogP) is 7.70. The molecule has 1 amide bonds. The van der Waals surface area contributed by atoms with E-state index in [4.69, 9.17) is 28.2 Å². The van der Waals surface area contributed by atoms with Crippen LogP contribution in [0.3, 0.4) is 0 Å². The van der Waals surface area contributed by atoms with Gasteiger partial charge < -0.3 is 4.90 Å². The predicted molar refractivity (Wildman–Crippen MR) is 137 cm³/mol. The lowest BCUT2D eigenvalue weighted by Crippen LogP contribution is -2.29. The van der Waals surface area contributed by atoms with E-state index >= 15 is 0 Å². The molecule has 5 rings (SSSR count). The number of fused-ring (bicyclic) bond motifs is 1. The molecule has 3 aromatic carbocycles. The second kappa shape index (κ2) is 9.06. The Morgan fingerprint density at radius 1 is 0.970 bits per heavy atom. The quantitative estimate of drug-likeness (QED) is 0.334. The fourth-order valence-corrected chi connectivity index (χ4v) is 6.32. The van der Waals surface area contributed by atoms with Gasteiger partial charge in [-0.2, -0.15) is 0 Å². The zero-order valence-electron chi connectivity index (χ0n) is 17.3. The van der Waals surface area contributed by atoms with E-state index in [2.05, 4.69) is 4.90 Å². The monoisotopic (exact) mass is 515 g/mol. The summed E-state index contributed by atoms with van der Waals surface area (Å²) in [6, 6.07) is 18.6. The number of anilines is 2. The number of aliphatic imine (C=N–C) groups is 1. The molecule has 0 radical (unpaired) electrons. The van der Waals surface area contributed by atoms with Crippen molar-refractivity contribution in [1.82, 2.24) is 0 Å². The van der Waals surface area contributed by atoms with Gasteiger partial charge in [0, 0.05) is 21.5 Å². The third-order valence-corrected chi connectivity index (χ3v) is 7.88. The molecule has 0 aromatic heterocycles. The first-order chi connectivity index (χ1) is 15.9. The fraction of sp³-hybridized carbons (Fsp3) is 0.0833. The van der Waals surface area contributed by atoms with Crippen LogP contribution in [0.25, 0.3) is 0 Å². The van der Waals surface area contributed by atoms with Crippen molar-refractivity contribution in [3.8, 4) is 0 Å². The van der Waals surface area contributed by atoms with E-state index in [1.807, 2.05) is 31.2 Å². The minimum absolute atomic E-state index is 0.216. The number of carbonyl (C=O) groups excluding carboxylic acids is 1. The molecule has 9 heteroatoms. The van der Waals surface area contributed by atoms with Crippen molar-refractivity contribution in [2.75, 3.05) is 16.3 Å². The average molecular weight is 516 g/mol. The molecule has 1 saturated heterocycles. The number of benzene rings is 3. The second-order valence-electron chi connectivity index (χ2n) is 7.19. The molecule has 166 valence electrons. The van der Waals surface area contributed by atoms with Crippen molar-refractivity contribution >= 4 is 74.9 Å². The highest BCUT2D eigenvalue weighted by atomic mass is 35.5. The molecular weight excluding hydrogens is 500 g/mol. The van der Waals surface area contributed by atoms with E-state index in [1.54, 1.807) is 30.3 Å². The van der Waals surface area contributed by atoms with Crippen LogP contribution in [0.15, 0.2) is 86.6 Å². The molecule has 0 saturated carbocycles. The SMILES string of the molecule is CCN1/C(=C2/SC(=Nc3cccc(Cl)c3)N(c3ccc(F)cc3)C2=O)Sc2ccc(Cl)cc21. The zero-order chi connectivity index (χ0) is 23.1. The molecule has 0 bridgehead atoms. The maximum Gasteiger partial charge on any atom is 0.274 e. The first kappa shape index (κ1) is 22.3. The van der Waals surface area contributed by atoms with Gasteiger partial charge in [0.25, 0.3) is 5.91 Å². The number of rotatable bonds is 3. The lowest BCUT2D eigenvalue weighted by atomic mass is 10.2. The Morgan fingerprint density at radius 2 is 1.73 bits per heavy atom. The van der Waals surface area contributed by atoms with Crippen molar-refractivity contribution in [3.05, 3.63) is 92.5 Å². The van der Waals surface area contributed by atoms with Gasteiger partial charge in [-0.3, -0.25) is 9.69 Å². The van der Waals surface area contributed by atoms with Crippen LogP contribution in [0.1, 0.15) is 6.92 Å². The smallest absolute Gasteiger partial charge is 0.274 e. The van der Waals surface area contributed by atoms with Crippen molar-refractivity contribution in [2.45, 2.75) is 11.8 Å². The Bertz CT molecular complexity index is 1330. The van der Waals surface area contributed by atoms with Gasteiger partial charge in [0.05, 0.1) is 17.1 Å². The molecule has 3 aromatic rings. The summed E-state index contributed by atoms with van der Waals surface area (Å²) in [6.45, 7) is 2.70. The summed E-state index contributed by atoms with van der Waals surface area (Å²) in [5.74, 6) is -0.590. The maximum absolute atomic E-state index is 13.7. The Hall–Kier alpha value is -2.45. The van der Waals surface area contributed by atoms with Crippen LogP contribution in [0.5, 0.6) is 0 Å². The standard InChI is InChI=1S/C24H16Cl2FN3OS2/c1-2-29-19-13-15(26)6-11-20(19)32-23(29)21-22(31)30(18-9-7-16(27)8-10-18)24(33-21)28-17-5-3-4-14(25)12-17/h3-13H,2H2,1H3/b23-21-,28-24?. The molecule has 2 heterocycles. The normalized spacial score (nSPS) is 19.0. The molecule has 0 atom stereocenters. The third-order valence-electron chi connectivity index (χ3n) is 5.07. The number of halogens is 3. The van der Waals surface area contributed by atoms with Gasteiger partial charge in [-0.1, -0.05) is 41.0 Å². The number of hydrogen-bond acceptors (Lipinski definition) is 5. The van der Waals surface area contributed by atoms with Crippen LogP contribution in [0.4, 0.5) is 21.5 Å². The number of amidine groups is 1. The van der Waals surface area contributed by atoms with Gasteiger partial charge in [-0.15, -0.1) is 0 Å². The molecule has 0 N–H and O–H groups in total. The molecular formula is C24H16Cl2FN3OS2. The van der Waals surface area contributed by atoms with E-state index < -0.39 is 0 Å². The molecule has 0 spiro atoms. The minimum Gasteiger partial charge on any atom is -0.334 e. The minimum atomic E-state index is -0.374. The number of thioether (sulfide) groups is 2. The first-order valence-corrected chi connectivity index (χ1v) is 12.4. The number of hydrogen-bond donors (Lipinski definition) is 0. The van der Waals surface area contributed by atoms with Crippen LogP contribution in [0.2, 0.25) is 10.0 Å². The van der Waals surface area contributed by atoms with Gasteiger partial charge in [0.1, 0.15) is 15.8 Å². The number of nitrogens with zero attached hydrogens (tertiary/aromatic N) is 3. The zero-order valence-corrected chi connectivity index (χ0v) is 20.4. The first-order valence-electron chi connectivity index (χ1n) is 10.1. The topological polar surface area (TPSA) is 35.9 Å². The van der Waals surface area contributed by atoms with E-state index in [1.165, 1.54) is 40.6 Å². The largest absolute Gasteiger partial charge is 0.334 e. The van der Waals surface area contributed by atoms with E-state index in [0.29, 0.717) is 38.0 Å². The van der Waals surface area contributed by atoms with E-state index in [9.17, 15) is 9.18 Å². The summed E-state index contributed by atoms with van der Waals surface area (Å²) in [7, 11) is 0. The van der Waals surface area contributed by atoms with Crippen LogP contribution in [0, 0.1) is 5.82 Å². The van der Waals surface area contributed by atoms with Crippen molar-refractivity contribution in [3.63, 3.8) is 0 Å². The van der Waals surface area contributed by atoms with Gasteiger partial charge >= 0.3 is 0 Å². The Balaban J connectivity index is 1.63. The van der Waals surface area contributed by atoms with Crippen LogP contribution in [-0.4, -0.2) is 17.6 Å². The van der Waals surface area contributed by atoms with Crippen LogP contribution in [-0.2, 0) is 4.79 Å². The van der Waals surface area contributed by atoms with Gasteiger partial charge in [0.2, 0.25) is 0 Å². The lowest BCUT2D eigenvalue weighted by Gasteiger charge is -2.19. The summed E-state index contributed by atoms with van der Waals surface area (Å²) in [5.41, 5.74) is 2.13. The summed E-state index contributed by atoms with van der Waals surface area (Å²) in [5, 5.41) is 2.49. The molecule has 0 aliphatic carbocycles. The summed E-state index contributed by atoms with van der Waals surface area (Å²) in [6.07, 6.45) is 0. The molecule has 2 aliphatic heterocycles. The summed E-state index contributed by atoms with van der Waals surface area (Å²) in [4.78, 5) is 23.6.